The summed E-state index contributed by atoms with van der Waals surface area (Å²) in [4.78, 5) is 16.9. The van der Waals surface area contributed by atoms with E-state index in [1.165, 1.54) is 24.0 Å². The van der Waals surface area contributed by atoms with Gasteiger partial charge in [0.15, 0.2) is 0 Å². The maximum absolute atomic E-state index is 12.3. The van der Waals surface area contributed by atoms with Crippen molar-refractivity contribution in [1.82, 2.24) is 10.3 Å². The number of carbonyl (C=O) groups is 1. The maximum atomic E-state index is 12.3. The minimum absolute atomic E-state index is 0. The standard InChI is InChI=1S/C18H25N3OS.ClH/c19-13-18(9-4-1-5-10-18)12-16(22)20-11-8-17-21-14-6-2-3-7-15(14)23-17;/h2-3,6-7H,1,4-5,8-13,19H2,(H,20,22);1H. The Kier molecular flexibility index (Phi) is 7.02. The summed E-state index contributed by atoms with van der Waals surface area (Å²) in [6.45, 7) is 1.28. The van der Waals surface area contributed by atoms with Crippen molar-refractivity contribution in [2.75, 3.05) is 13.1 Å². The normalized spacial score (nSPS) is 16.5. The third kappa shape index (κ3) is 4.68. The van der Waals surface area contributed by atoms with Crippen molar-refractivity contribution in [2.45, 2.75) is 44.9 Å². The summed E-state index contributed by atoms with van der Waals surface area (Å²) in [6.07, 6.45) is 7.24. The fourth-order valence-electron chi connectivity index (χ4n) is 3.49. The summed E-state index contributed by atoms with van der Waals surface area (Å²) in [7, 11) is 0. The number of nitrogens with two attached hydrogens (primary N) is 1. The monoisotopic (exact) mass is 367 g/mol. The molecule has 2 aromatic rings. The van der Waals surface area contributed by atoms with E-state index in [0.717, 1.165) is 29.8 Å². The van der Waals surface area contributed by atoms with Gasteiger partial charge in [-0.25, -0.2) is 4.98 Å². The van der Waals surface area contributed by atoms with E-state index in [0.29, 0.717) is 19.5 Å². The first-order chi connectivity index (χ1) is 11.2. The van der Waals surface area contributed by atoms with Gasteiger partial charge in [0.2, 0.25) is 5.91 Å². The molecule has 4 nitrogen and oxygen atoms in total. The Hall–Kier alpha value is -1.17. The Labute approximate surface area is 153 Å². The number of nitrogens with one attached hydrogen (secondary N) is 1. The molecule has 0 radical (unpaired) electrons. The molecule has 1 aliphatic carbocycles. The van der Waals surface area contributed by atoms with E-state index in [2.05, 4.69) is 16.4 Å². The molecule has 0 atom stereocenters. The first-order valence-electron chi connectivity index (χ1n) is 8.52. The van der Waals surface area contributed by atoms with Crippen molar-refractivity contribution in [1.29, 1.82) is 0 Å². The van der Waals surface area contributed by atoms with Crippen LogP contribution < -0.4 is 11.1 Å². The van der Waals surface area contributed by atoms with Crippen LogP contribution in [0, 0.1) is 5.41 Å². The van der Waals surface area contributed by atoms with Crippen LogP contribution in [0.2, 0.25) is 0 Å². The van der Waals surface area contributed by atoms with Gasteiger partial charge in [0, 0.05) is 19.4 Å². The van der Waals surface area contributed by atoms with Crippen LogP contribution in [0.3, 0.4) is 0 Å². The Bertz CT molecular complexity index is 634. The van der Waals surface area contributed by atoms with Gasteiger partial charge in [-0.15, -0.1) is 23.7 Å². The minimum Gasteiger partial charge on any atom is -0.356 e. The summed E-state index contributed by atoms with van der Waals surface area (Å²) >= 11 is 1.71. The van der Waals surface area contributed by atoms with Gasteiger partial charge in [0.1, 0.15) is 0 Å². The zero-order chi connectivity index (χ0) is 16.1. The smallest absolute Gasteiger partial charge is 0.220 e. The lowest BCUT2D eigenvalue weighted by atomic mass is 9.71. The van der Waals surface area contributed by atoms with Crippen LogP contribution in [0.1, 0.15) is 43.5 Å². The van der Waals surface area contributed by atoms with Crippen LogP contribution in [-0.4, -0.2) is 24.0 Å². The van der Waals surface area contributed by atoms with Crippen LogP contribution in [-0.2, 0) is 11.2 Å². The number of nitrogens with zero attached hydrogens (tertiary/aromatic N) is 1. The summed E-state index contributed by atoms with van der Waals surface area (Å²) in [5, 5.41) is 4.14. The maximum Gasteiger partial charge on any atom is 0.220 e. The fourth-order valence-corrected chi connectivity index (χ4v) is 4.46. The van der Waals surface area contributed by atoms with E-state index < -0.39 is 0 Å². The van der Waals surface area contributed by atoms with E-state index in [9.17, 15) is 4.79 Å². The number of benzene rings is 1. The van der Waals surface area contributed by atoms with Crippen molar-refractivity contribution in [3.63, 3.8) is 0 Å². The number of thiazole rings is 1. The van der Waals surface area contributed by atoms with E-state index in [1.54, 1.807) is 11.3 Å². The zero-order valence-electron chi connectivity index (χ0n) is 13.9. The molecule has 3 N–H and O–H groups in total. The van der Waals surface area contributed by atoms with E-state index in [1.807, 2.05) is 18.2 Å². The van der Waals surface area contributed by atoms with Gasteiger partial charge in [-0.2, -0.15) is 0 Å². The molecule has 3 rings (SSSR count). The molecule has 0 spiro atoms. The van der Waals surface area contributed by atoms with Crippen molar-refractivity contribution in [3.8, 4) is 0 Å². The van der Waals surface area contributed by atoms with Gasteiger partial charge >= 0.3 is 0 Å². The van der Waals surface area contributed by atoms with E-state index >= 15 is 0 Å². The SMILES string of the molecule is Cl.NCC1(CC(=O)NCCc2nc3ccccc3s2)CCCCC1. The highest BCUT2D eigenvalue weighted by Gasteiger charge is 2.32. The molecule has 1 fully saturated rings. The number of para-hydroxylation sites is 1. The summed E-state index contributed by atoms with van der Waals surface area (Å²) < 4.78 is 1.21. The highest BCUT2D eigenvalue weighted by molar-refractivity contribution is 7.18. The highest BCUT2D eigenvalue weighted by Crippen LogP contribution is 2.38. The molecule has 132 valence electrons. The number of amides is 1. The predicted octanol–water partition coefficient (Wildman–Crippen LogP) is 3.68. The largest absolute Gasteiger partial charge is 0.356 e. The lowest BCUT2D eigenvalue weighted by molar-refractivity contribution is -0.123. The second-order valence-corrected chi connectivity index (χ2v) is 7.73. The number of carbonyl (C=O) groups excluding carboxylic acids is 1. The third-order valence-corrected chi connectivity index (χ3v) is 5.98. The minimum atomic E-state index is 0. The van der Waals surface area contributed by atoms with Crippen LogP contribution in [0.4, 0.5) is 0 Å². The third-order valence-electron chi connectivity index (χ3n) is 4.88. The second-order valence-electron chi connectivity index (χ2n) is 6.62. The van der Waals surface area contributed by atoms with Gasteiger partial charge in [0.25, 0.3) is 0 Å². The summed E-state index contributed by atoms with van der Waals surface area (Å²) in [6, 6.07) is 8.15. The Morgan fingerprint density at radius 3 is 2.71 bits per heavy atom. The van der Waals surface area contributed by atoms with Crippen molar-refractivity contribution >= 4 is 39.9 Å². The van der Waals surface area contributed by atoms with Gasteiger partial charge in [0.05, 0.1) is 15.2 Å². The fraction of sp³-hybridized carbons (Fsp3) is 0.556. The molecule has 1 amide bonds. The second kappa shape index (κ2) is 8.79. The average Bonchev–Trinajstić information content (AvgIpc) is 2.98. The molecule has 1 aliphatic rings. The van der Waals surface area contributed by atoms with Gasteiger partial charge in [-0.3, -0.25) is 4.79 Å². The highest BCUT2D eigenvalue weighted by atomic mass is 35.5. The molecule has 24 heavy (non-hydrogen) atoms. The lowest BCUT2D eigenvalue weighted by Crippen LogP contribution is -2.39. The first-order valence-corrected chi connectivity index (χ1v) is 9.34. The molecule has 1 heterocycles. The Balaban J connectivity index is 0.00000208. The molecule has 0 bridgehead atoms. The van der Waals surface area contributed by atoms with Crippen LogP contribution in [0.25, 0.3) is 10.2 Å². The van der Waals surface area contributed by atoms with Gasteiger partial charge in [-0.1, -0.05) is 31.4 Å². The van der Waals surface area contributed by atoms with Gasteiger partial charge < -0.3 is 11.1 Å². The Morgan fingerprint density at radius 1 is 1.25 bits per heavy atom. The molecule has 6 heteroatoms. The number of halogens is 1. The topological polar surface area (TPSA) is 68.0 Å². The first kappa shape index (κ1) is 19.2. The van der Waals surface area contributed by atoms with E-state index in [4.69, 9.17) is 5.73 Å². The van der Waals surface area contributed by atoms with Crippen molar-refractivity contribution < 1.29 is 4.79 Å². The number of hydrogen-bond donors (Lipinski definition) is 2. The number of aromatic nitrogens is 1. The number of hydrogen-bond acceptors (Lipinski definition) is 4. The van der Waals surface area contributed by atoms with Crippen molar-refractivity contribution in [2.24, 2.45) is 11.1 Å². The van der Waals surface area contributed by atoms with Crippen LogP contribution >= 0.6 is 23.7 Å². The predicted molar refractivity (Wildman–Crippen MR) is 103 cm³/mol. The average molecular weight is 368 g/mol. The summed E-state index contributed by atoms with van der Waals surface area (Å²) in [5.41, 5.74) is 7.05. The molecule has 1 aromatic heterocycles. The quantitative estimate of drug-likeness (QED) is 0.818. The zero-order valence-corrected chi connectivity index (χ0v) is 15.6. The van der Waals surface area contributed by atoms with E-state index in [-0.39, 0.29) is 23.7 Å². The number of rotatable bonds is 6. The molecule has 0 aliphatic heterocycles. The lowest BCUT2D eigenvalue weighted by Gasteiger charge is -2.35. The van der Waals surface area contributed by atoms with Crippen molar-refractivity contribution in [3.05, 3.63) is 29.3 Å². The van der Waals surface area contributed by atoms with Gasteiger partial charge in [-0.05, 0) is 36.9 Å². The molecule has 0 unspecified atom stereocenters. The molecule has 1 saturated carbocycles. The molecule has 0 saturated heterocycles. The Morgan fingerprint density at radius 2 is 2.00 bits per heavy atom. The number of fused-ring (bicyclic) bond motifs is 1. The summed E-state index contributed by atoms with van der Waals surface area (Å²) in [5.74, 6) is 0.137. The molecular formula is C18H26ClN3OS. The molecule has 1 aromatic carbocycles. The molecular weight excluding hydrogens is 342 g/mol. The van der Waals surface area contributed by atoms with Crippen LogP contribution in [0.15, 0.2) is 24.3 Å². The van der Waals surface area contributed by atoms with Crippen LogP contribution in [0.5, 0.6) is 0 Å².